The van der Waals surface area contributed by atoms with Gasteiger partial charge < -0.3 is 10.2 Å². The van der Waals surface area contributed by atoms with Crippen LogP contribution in [0.5, 0.6) is 0 Å². The first-order valence-electron chi connectivity index (χ1n) is 6.55. The molecule has 0 saturated heterocycles. The van der Waals surface area contributed by atoms with Crippen LogP contribution in [0.25, 0.3) is 5.69 Å². The lowest BCUT2D eigenvalue weighted by Crippen LogP contribution is -2.42. The van der Waals surface area contributed by atoms with Crippen LogP contribution in [0.1, 0.15) is 11.3 Å². The molecule has 1 aliphatic rings. The van der Waals surface area contributed by atoms with Crippen LogP contribution in [0.4, 0.5) is 0 Å². The minimum absolute atomic E-state index is 0.00908. The van der Waals surface area contributed by atoms with E-state index in [9.17, 15) is 4.79 Å². The second-order valence-electron chi connectivity index (χ2n) is 4.77. The Morgan fingerprint density at radius 3 is 2.80 bits per heavy atom. The zero-order valence-electron chi connectivity index (χ0n) is 11.2. The molecule has 104 valence electrons. The van der Waals surface area contributed by atoms with E-state index in [0.29, 0.717) is 11.7 Å². The number of para-hydroxylation sites is 1. The molecule has 5 nitrogen and oxygen atoms in total. The van der Waals surface area contributed by atoms with Crippen molar-refractivity contribution in [2.75, 3.05) is 13.6 Å². The molecule has 3 rings (SSSR count). The van der Waals surface area contributed by atoms with Crippen LogP contribution in [0.2, 0.25) is 0 Å². The Hall–Kier alpha value is -2.08. The maximum atomic E-state index is 12.5. The first-order chi connectivity index (χ1) is 9.70. The first-order valence-corrected chi connectivity index (χ1v) is 6.96. The maximum absolute atomic E-state index is 12.5. The molecule has 0 aliphatic carbocycles. The van der Waals surface area contributed by atoms with Gasteiger partial charge in [0, 0.05) is 25.7 Å². The molecule has 0 bridgehead atoms. The van der Waals surface area contributed by atoms with E-state index in [1.54, 1.807) is 11.7 Å². The number of benzene rings is 1. The Morgan fingerprint density at radius 2 is 2.10 bits per heavy atom. The fourth-order valence-electron chi connectivity index (χ4n) is 2.49. The van der Waals surface area contributed by atoms with Crippen LogP contribution in [-0.2, 0) is 13.0 Å². The average molecular weight is 288 g/mol. The third kappa shape index (κ3) is 2.12. The summed E-state index contributed by atoms with van der Waals surface area (Å²) in [5, 5.41) is 6.85. The van der Waals surface area contributed by atoms with Crippen LogP contribution >= 0.6 is 12.2 Å². The molecule has 1 aliphatic heterocycles. The van der Waals surface area contributed by atoms with Gasteiger partial charge in [-0.1, -0.05) is 18.2 Å². The van der Waals surface area contributed by atoms with Crippen molar-refractivity contribution in [3.8, 4) is 5.69 Å². The second kappa shape index (κ2) is 5.13. The highest BCUT2D eigenvalue weighted by molar-refractivity contribution is 7.80. The highest BCUT2D eigenvalue weighted by Crippen LogP contribution is 2.15. The lowest BCUT2D eigenvalue weighted by atomic mass is 10.1. The van der Waals surface area contributed by atoms with Gasteiger partial charge in [0.15, 0.2) is 5.11 Å². The van der Waals surface area contributed by atoms with E-state index < -0.39 is 0 Å². The SMILES string of the molecule is CNC(=S)N1CCc2[nH]n(-c3ccccc3)c(=O)c2C1. The van der Waals surface area contributed by atoms with Crippen LogP contribution in [-0.4, -0.2) is 33.4 Å². The molecule has 20 heavy (non-hydrogen) atoms. The van der Waals surface area contributed by atoms with Gasteiger partial charge >= 0.3 is 0 Å². The monoisotopic (exact) mass is 288 g/mol. The summed E-state index contributed by atoms with van der Waals surface area (Å²) in [4.78, 5) is 14.5. The Bertz CT molecular complexity index is 689. The number of hydrogen-bond donors (Lipinski definition) is 2. The second-order valence-corrected chi connectivity index (χ2v) is 5.16. The molecule has 0 fully saturated rings. The van der Waals surface area contributed by atoms with Crippen LogP contribution in [0.15, 0.2) is 35.1 Å². The van der Waals surface area contributed by atoms with Crippen LogP contribution in [0.3, 0.4) is 0 Å². The van der Waals surface area contributed by atoms with Gasteiger partial charge in [-0.3, -0.25) is 9.89 Å². The number of aromatic amines is 1. The van der Waals surface area contributed by atoms with Crippen LogP contribution in [0, 0.1) is 0 Å². The maximum Gasteiger partial charge on any atom is 0.276 e. The van der Waals surface area contributed by atoms with Crippen molar-refractivity contribution in [1.29, 1.82) is 0 Å². The van der Waals surface area contributed by atoms with Crippen molar-refractivity contribution in [2.24, 2.45) is 0 Å². The smallest absolute Gasteiger partial charge is 0.276 e. The molecule has 0 spiro atoms. The fourth-order valence-corrected chi connectivity index (χ4v) is 2.65. The van der Waals surface area contributed by atoms with Gasteiger partial charge in [0.2, 0.25) is 0 Å². The third-order valence-electron chi connectivity index (χ3n) is 3.57. The number of rotatable bonds is 1. The number of hydrogen-bond acceptors (Lipinski definition) is 2. The Morgan fingerprint density at radius 1 is 1.35 bits per heavy atom. The average Bonchev–Trinajstić information content (AvgIpc) is 2.84. The van der Waals surface area contributed by atoms with Crippen molar-refractivity contribution in [2.45, 2.75) is 13.0 Å². The lowest BCUT2D eigenvalue weighted by molar-refractivity contribution is 0.387. The molecule has 0 radical (unpaired) electrons. The summed E-state index contributed by atoms with van der Waals surface area (Å²) in [6, 6.07) is 9.61. The predicted octanol–water partition coefficient (Wildman–Crippen LogP) is 1.03. The van der Waals surface area contributed by atoms with Gasteiger partial charge in [-0.05, 0) is 24.4 Å². The summed E-state index contributed by atoms with van der Waals surface area (Å²) in [6.45, 7) is 1.38. The van der Waals surface area contributed by atoms with E-state index in [4.69, 9.17) is 12.2 Å². The highest BCUT2D eigenvalue weighted by atomic mass is 32.1. The van der Waals surface area contributed by atoms with E-state index in [1.165, 1.54) is 0 Å². The molecule has 1 aromatic carbocycles. The molecule has 0 unspecified atom stereocenters. The van der Waals surface area contributed by atoms with Crippen LogP contribution < -0.4 is 10.9 Å². The van der Waals surface area contributed by atoms with Crippen molar-refractivity contribution in [1.82, 2.24) is 20.0 Å². The highest BCUT2D eigenvalue weighted by Gasteiger charge is 2.23. The van der Waals surface area contributed by atoms with E-state index in [1.807, 2.05) is 35.2 Å². The molecular weight excluding hydrogens is 272 g/mol. The molecule has 6 heteroatoms. The number of H-pyrrole nitrogens is 1. The minimum Gasteiger partial charge on any atom is -0.366 e. The molecule has 2 heterocycles. The Labute approximate surface area is 122 Å². The van der Waals surface area contributed by atoms with E-state index in [-0.39, 0.29) is 5.56 Å². The van der Waals surface area contributed by atoms with Gasteiger partial charge in [-0.15, -0.1) is 0 Å². The predicted molar refractivity (Wildman–Crippen MR) is 82.2 cm³/mol. The molecule has 0 atom stereocenters. The van der Waals surface area contributed by atoms with Gasteiger partial charge in [0.05, 0.1) is 17.8 Å². The van der Waals surface area contributed by atoms with Crippen molar-refractivity contribution >= 4 is 17.3 Å². The number of nitrogens with one attached hydrogen (secondary N) is 2. The summed E-state index contributed by atoms with van der Waals surface area (Å²) in [5.74, 6) is 0. The zero-order valence-corrected chi connectivity index (χ0v) is 12.0. The van der Waals surface area contributed by atoms with E-state index in [0.717, 1.165) is 29.9 Å². The summed E-state index contributed by atoms with van der Waals surface area (Å²) in [7, 11) is 1.80. The topological polar surface area (TPSA) is 53.1 Å². The quantitative estimate of drug-likeness (QED) is 0.770. The molecule has 0 saturated carbocycles. The summed E-state index contributed by atoms with van der Waals surface area (Å²) >= 11 is 5.24. The molecule has 0 amide bonds. The van der Waals surface area contributed by atoms with E-state index >= 15 is 0 Å². The van der Waals surface area contributed by atoms with E-state index in [2.05, 4.69) is 10.4 Å². The van der Waals surface area contributed by atoms with Crippen molar-refractivity contribution < 1.29 is 0 Å². The number of nitrogens with zero attached hydrogens (tertiary/aromatic N) is 2. The summed E-state index contributed by atoms with van der Waals surface area (Å²) in [5.41, 5.74) is 2.68. The zero-order chi connectivity index (χ0) is 14.1. The summed E-state index contributed by atoms with van der Waals surface area (Å²) < 4.78 is 1.61. The van der Waals surface area contributed by atoms with Gasteiger partial charge in [0.1, 0.15) is 0 Å². The fraction of sp³-hybridized carbons (Fsp3) is 0.286. The van der Waals surface area contributed by atoms with Gasteiger partial charge in [-0.25, -0.2) is 4.68 Å². The normalized spacial score (nSPS) is 13.9. The minimum atomic E-state index is 0.00908. The standard InChI is InChI=1S/C14H16N4OS/c1-15-14(20)17-8-7-12-11(9-17)13(19)18(16-12)10-5-3-2-4-6-10/h2-6,16H,7-9H2,1H3,(H,15,20). The number of aromatic nitrogens is 2. The largest absolute Gasteiger partial charge is 0.366 e. The molecule has 2 aromatic rings. The first kappa shape index (κ1) is 12.9. The Balaban J connectivity index is 1.99. The van der Waals surface area contributed by atoms with Crippen molar-refractivity contribution in [3.63, 3.8) is 0 Å². The Kier molecular flexibility index (Phi) is 3.31. The molecular formula is C14H16N4OS. The summed E-state index contributed by atoms with van der Waals surface area (Å²) in [6.07, 6.45) is 0.798. The lowest BCUT2D eigenvalue weighted by Gasteiger charge is -2.27. The van der Waals surface area contributed by atoms with Gasteiger partial charge in [0.25, 0.3) is 5.56 Å². The number of fused-ring (bicyclic) bond motifs is 1. The van der Waals surface area contributed by atoms with Crippen molar-refractivity contribution in [3.05, 3.63) is 51.9 Å². The third-order valence-corrected chi connectivity index (χ3v) is 4.03. The van der Waals surface area contributed by atoms with Gasteiger partial charge in [-0.2, -0.15) is 0 Å². The molecule has 1 aromatic heterocycles. The molecule has 2 N–H and O–H groups in total. The number of thiocarbonyl (C=S) groups is 1.